The number of hydrogen-bond donors (Lipinski definition) is 0. The van der Waals surface area contributed by atoms with Crippen LogP contribution in [0.3, 0.4) is 0 Å². The number of alkyl halides is 3. The van der Waals surface area contributed by atoms with Crippen LogP contribution in [0.15, 0.2) is 11.0 Å². The van der Waals surface area contributed by atoms with E-state index in [-0.39, 0.29) is 13.0 Å². The van der Waals surface area contributed by atoms with Gasteiger partial charge in [-0.1, -0.05) is 6.08 Å². The number of hydrogen-bond acceptors (Lipinski definition) is 3. The molecule has 0 N–H and O–H groups in total. The Kier molecular flexibility index (Phi) is 2.91. The van der Waals surface area contributed by atoms with Gasteiger partial charge in [0.2, 0.25) is 0 Å². The van der Waals surface area contributed by atoms with Crippen molar-refractivity contribution in [2.75, 3.05) is 20.1 Å². The van der Waals surface area contributed by atoms with Crippen molar-refractivity contribution in [3.8, 4) is 0 Å². The van der Waals surface area contributed by atoms with Crippen molar-refractivity contribution in [2.45, 2.75) is 11.9 Å². The molecular weight excluding hydrogens is 219 g/mol. The SMILES string of the molecule is CN1CC=C(S(=O)(=O)C(F)(F)F)CC1. The predicted octanol–water partition coefficient (Wildman–Crippen LogP) is 1.14. The van der Waals surface area contributed by atoms with Crippen LogP contribution in [-0.2, 0) is 9.84 Å². The second kappa shape index (κ2) is 3.54. The van der Waals surface area contributed by atoms with Gasteiger partial charge in [0.1, 0.15) is 0 Å². The van der Waals surface area contributed by atoms with Gasteiger partial charge in [0.15, 0.2) is 0 Å². The Bertz CT molecular complexity index is 344. The predicted molar refractivity (Wildman–Crippen MR) is 45.2 cm³/mol. The van der Waals surface area contributed by atoms with Crippen molar-refractivity contribution < 1.29 is 21.6 Å². The van der Waals surface area contributed by atoms with E-state index in [1.807, 2.05) is 0 Å². The maximum Gasteiger partial charge on any atom is 0.501 e. The molecule has 1 rings (SSSR count). The van der Waals surface area contributed by atoms with E-state index < -0.39 is 20.3 Å². The molecule has 0 aromatic heterocycles. The zero-order chi connectivity index (χ0) is 11.0. The Morgan fingerprint density at radius 2 is 2.00 bits per heavy atom. The molecule has 0 saturated carbocycles. The monoisotopic (exact) mass is 229 g/mol. The van der Waals surface area contributed by atoms with Gasteiger partial charge in [-0.2, -0.15) is 13.2 Å². The third-order valence-corrected chi connectivity index (χ3v) is 3.69. The number of rotatable bonds is 1. The fourth-order valence-electron chi connectivity index (χ4n) is 1.14. The molecule has 0 saturated heterocycles. The Morgan fingerprint density at radius 1 is 1.43 bits per heavy atom. The lowest BCUT2D eigenvalue weighted by atomic mass is 10.3. The summed E-state index contributed by atoms with van der Waals surface area (Å²) in [4.78, 5) is 1.23. The van der Waals surface area contributed by atoms with Crippen LogP contribution in [0.25, 0.3) is 0 Å². The Hall–Kier alpha value is -0.560. The van der Waals surface area contributed by atoms with Crippen molar-refractivity contribution in [3.63, 3.8) is 0 Å². The van der Waals surface area contributed by atoms with Crippen molar-refractivity contribution in [1.82, 2.24) is 4.90 Å². The zero-order valence-corrected chi connectivity index (χ0v) is 8.32. The van der Waals surface area contributed by atoms with E-state index in [4.69, 9.17) is 0 Å². The Morgan fingerprint density at radius 3 is 2.36 bits per heavy atom. The largest absolute Gasteiger partial charge is 0.501 e. The molecule has 0 aliphatic carbocycles. The highest BCUT2D eigenvalue weighted by Crippen LogP contribution is 2.31. The summed E-state index contributed by atoms with van der Waals surface area (Å²) >= 11 is 0. The van der Waals surface area contributed by atoms with Crippen molar-refractivity contribution in [1.29, 1.82) is 0 Å². The molecular formula is C7H10F3NO2S. The smallest absolute Gasteiger partial charge is 0.302 e. The summed E-state index contributed by atoms with van der Waals surface area (Å²) in [5.41, 5.74) is -5.17. The molecule has 1 aliphatic rings. The summed E-state index contributed by atoms with van der Waals surface area (Å²) in [6.07, 6.45) is 1.05. The molecule has 1 aliphatic heterocycles. The fraction of sp³-hybridized carbons (Fsp3) is 0.714. The number of sulfone groups is 1. The summed E-state index contributed by atoms with van der Waals surface area (Å²) in [6, 6.07) is 0. The molecule has 82 valence electrons. The van der Waals surface area contributed by atoms with E-state index in [1.165, 1.54) is 0 Å². The third-order valence-electron chi connectivity index (χ3n) is 2.02. The first kappa shape index (κ1) is 11.5. The quantitative estimate of drug-likeness (QED) is 0.676. The minimum atomic E-state index is -5.17. The highest BCUT2D eigenvalue weighted by Gasteiger charge is 2.48. The van der Waals surface area contributed by atoms with Crippen LogP contribution in [0.2, 0.25) is 0 Å². The molecule has 0 radical (unpaired) electrons. The molecule has 0 amide bonds. The maximum absolute atomic E-state index is 12.1. The standard InChI is InChI=1S/C7H10F3NO2S/c1-11-4-2-6(3-5-11)14(12,13)7(8,9)10/h2H,3-5H2,1H3. The topological polar surface area (TPSA) is 37.4 Å². The van der Waals surface area contributed by atoms with Crippen molar-refractivity contribution in [2.24, 2.45) is 0 Å². The van der Waals surface area contributed by atoms with E-state index in [0.29, 0.717) is 6.54 Å². The van der Waals surface area contributed by atoms with E-state index in [2.05, 4.69) is 0 Å². The van der Waals surface area contributed by atoms with Crippen LogP contribution < -0.4 is 0 Å². The van der Waals surface area contributed by atoms with Gasteiger partial charge < -0.3 is 4.90 Å². The lowest BCUT2D eigenvalue weighted by Crippen LogP contribution is -2.31. The van der Waals surface area contributed by atoms with Gasteiger partial charge >= 0.3 is 5.51 Å². The van der Waals surface area contributed by atoms with Gasteiger partial charge in [-0.15, -0.1) is 0 Å². The average Bonchev–Trinajstić information content (AvgIpc) is 2.03. The molecule has 0 spiro atoms. The lowest BCUT2D eigenvalue weighted by molar-refractivity contribution is -0.0428. The van der Waals surface area contributed by atoms with Gasteiger partial charge in [-0.05, 0) is 13.5 Å². The Balaban J connectivity index is 2.96. The molecule has 7 heteroatoms. The van der Waals surface area contributed by atoms with E-state index in [1.54, 1.807) is 11.9 Å². The molecule has 3 nitrogen and oxygen atoms in total. The van der Waals surface area contributed by atoms with Gasteiger partial charge in [-0.3, -0.25) is 0 Å². The van der Waals surface area contributed by atoms with Crippen LogP contribution in [-0.4, -0.2) is 39.0 Å². The highest BCUT2D eigenvalue weighted by atomic mass is 32.2. The van der Waals surface area contributed by atoms with Gasteiger partial charge in [0.25, 0.3) is 9.84 Å². The first-order valence-corrected chi connectivity index (χ1v) is 5.42. The summed E-state index contributed by atoms with van der Waals surface area (Å²) in [5.74, 6) is 0. The van der Waals surface area contributed by atoms with Gasteiger partial charge in [0, 0.05) is 13.1 Å². The Labute approximate surface area is 80.1 Å². The summed E-state index contributed by atoms with van der Waals surface area (Å²) in [7, 11) is -3.37. The molecule has 1 heterocycles. The summed E-state index contributed by atoms with van der Waals surface area (Å²) in [5, 5.41) is 0. The first-order valence-electron chi connectivity index (χ1n) is 3.94. The first-order chi connectivity index (χ1) is 6.25. The molecule has 14 heavy (non-hydrogen) atoms. The number of nitrogens with zero attached hydrogens (tertiary/aromatic N) is 1. The highest BCUT2D eigenvalue weighted by molar-refractivity contribution is 7.96. The van der Waals surface area contributed by atoms with Crippen LogP contribution in [0, 0.1) is 0 Å². The average molecular weight is 229 g/mol. The third kappa shape index (κ3) is 2.09. The molecule has 0 bridgehead atoms. The van der Waals surface area contributed by atoms with Gasteiger partial charge in [0.05, 0.1) is 4.91 Å². The van der Waals surface area contributed by atoms with E-state index in [0.717, 1.165) is 6.08 Å². The second-order valence-corrected chi connectivity index (χ2v) is 5.13. The molecule has 0 unspecified atom stereocenters. The van der Waals surface area contributed by atoms with Crippen LogP contribution >= 0.6 is 0 Å². The number of likely N-dealkylation sites (N-methyl/N-ethyl adjacent to an activating group) is 1. The van der Waals surface area contributed by atoms with Crippen molar-refractivity contribution in [3.05, 3.63) is 11.0 Å². The normalized spacial score (nSPS) is 20.7. The fourth-order valence-corrected chi connectivity index (χ4v) is 2.10. The van der Waals surface area contributed by atoms with Crippen LogP contribution in [0.1, 0.15) is 6.42 Å². The zero-order valence-electron chi connectivity index (χ0n) is 7.50. The van der Waals surface area contributed by atoms with E-state index in [9.17, 15) is 21.6 Å². The molecule has 0 fully saturated rings. The number of halogens is 3. The lowest BCUT2D eigenvalue weighted by Gasteiger charge is -2.22. The minimum absolute atomic E-state index is 0.0711. The molecule has 0 atom stereocenters. The maximum atomic E-state index is 12.1. The van der Waals surface area contributed by atoms with Gasteiger partial charge in [-0.25, -0.2) is 8.42 Å². The molecule has 0 aromatic rings. The van der Waals surface area contributed by atoms with Crippen LogP contribution in [0.5, 0.6) is 0 Å². The van der Waals surface area contributed by atoms with Crippen LogP contribution in [0.4, 0.5) is 13.2 Å². The summed E-state index contributed by atoms with van der Waals surface area (Å²) < 4.78 is 58.0. The van der Waals surface area contributed by atoms with E-state index >= 15 is 0 Å². The molecule has 0 aromatic carbocycles. The van der Waals surface area contributed by atoms with Crippen molar-refractivity contribution >= 4 is 9.84 Å². The second-order valence-electron chi connectivity index (χ2n) is 3.13. The summed E-state index contributed by atoms with van der Waals surface area (Å²) in [6.45, 7) is 0.575. The minimum Gasteiger partial charge on any atom is -0.302 e.